The first-order valence-corrected chi connectivity index (χ1v) is 12.5. The molecule has 1 aliphatic rings. The van der Waals surface area contributed by atoms with Crippen LogP contribution >= 0.6 is 11.8 Å². The number of likely N-dealkylation sites (N-methyl/N-ethyl adjacent to an activating group) is 1. The third-order valence-electron chi connectivity index (χ3n) is 5.45. The molecule has 0 aliphatic carbocycles. The third kappa shape index (κ3) is 4.30. The summed E-state index contributed by atoms with van der Waals surface area (Å²) in [6.07, 6.45) is 4.94. The Morgan fingerprint density at radius 3 is 2.59 bits per heavy atom. The Kier molecular flexibility index (Phi) is 6.89. The lowest BCUT2D eigenvalue weighted by molar-refractivity contribution is 0.351. The monoisotopic (exact) mass is 429 g/mol. The number of para-hydroxylation sites is 1. The van der Waals surface area contributed by atoms with Crippen molar-refractivity contribution in [2.45, 2.75) is 48.4 Å². The molecule has 0 saturated heterocycles. The topological polar surface area (TPSA) is 64.4 Å². The van der Waals surface area contributed by atoms with E-state index in [0.29, 0.717) is 12.2 Å². The van der Waals surface area contributed by atoms with E-state index in [1.54, 1.807) is 24.9 Å². The first kappa shape index (κ1) is 21.7. The fraction of sp³-hybridized carbons (Fsp3) is 0.409. The molecule has 2 aromatic rings. The first-order valence-electron chi connectivity index (χ1n) is 9.82. The number of fused-ring (bicyclic) bond motifs is 1. The van der Waals surface area contributed by atoms with Crippen LogP contribution in [0.5, 0.6) is 0 Å². The maximum atomic E-state index is 13.5. The first-order chi connectivity index (χ1) is 13.9. The summed E-state index contributed by atoms with van der Waals surface area (Å²) in [6, 6.07) is 15.6. The maximum Gasteiger partial charge on any atom is 0.245 e. The number of sulfonamides is 1. The minimum absolute atomic E-state index is 0.121. The van der Waals surface area contributed by atoms with Crippen LogP contribution in [0.2, 0.25) is 0 Å². The predicted octanol–water partition coefficient (Wildman–Crippen LogP) is 4.81. The largest absolute Gasteiger partial charge is 0.339 e. The molecular weight excluding hydrogens is 402 g/mol. The van der Waals surface area contributed by atoms with E-state index in [4.69, 9.17) is 0 Å². The van der Waals surface area contributed by atoms with E-state index in [1.807, 2.05) is 42.7 Å². The highest BCUT2D eigenvalue weighted by Crippen LogP contribution is 2.41. The van der Waals surface area contributed by atoms with Gasteiger partial charge < -0.3 is 4.90 Å². The number of hydrogen-bond donors (Lipinski definition) is 0. The van der Waals surface area contributed by atoms with E-state index in [0.717, 1.165) is 35.4 Å². The summed E-state index contributed by atoms with van der Waals surface area (Å²) in [5, 5.41) is 9.22. The summed E-state index contributed by atoms with van der Waals surface area (Å²) < 4.78 is 28.6. The molecule has 1 aliphatic heterocycles. The second-order valence-electron chi connectivity index (χ2n) is 7.23. The normalized spacial score (nSPS) is 18.7. The molecule has 0 radical (unpaired) electrons. The van der Waals surface area contributed by atoms with Crippen molar-refractivity contribution in [3.63, 3.8) is 0 Å². The molecule has 0 N–H and O–H groups in total. The molecule has 7 heteroatoms. The van der Waals surface area contributed by atoms with Crippen molar-refractivity contribution in [1.29, 1.82) is 5.26 Å². The molecule has 0 spiro atoms. The summed E-state index contributed by atoms with van der Waals surface area (Å²) in [7, 11) is -1.99. The van der Waals surface area contributed by atoms with Gasteiger partial charge in [-0.2, -0.15) is 9.57 Å². The number of nitrogens with zero attached hydrogens (tertiary/aromatic N) is 3. The molecule has 0 amide bonds. The van der Waals surface area contributed by atoms with Gasteiger partial charge in [-0.25, -0.2) is 8.42 Å². The average Bonchev–Trinajstić information content (AvgIpc) is 2.81. The third-order valence-corrected chi connectivity index (χ3v) is 8.20. The molecule has 0 saturated carbocycles. The standard InChI is InChI=1S/C22H27N3O2S2/c1-4-5-9-19-16-25(18-10-7-6-8-11-18)20-15-21(28-3)17(12-13-23)14-22(20)29(26,27)24(19)2/h6-8,10-11,14-15,19H,4-5,9,12,16H2,1-3H3. The van der Waals surface area contributed by atoms with Crippen LogP contribution in [0.4, 0.5) is 11.4 Å². The number of unbranched alkanes of at least 4 members (excludes halogenated alkanes) is 1. The number of anilines is 2. The van der Waals surface area contributed by atoms with E-state index in [9.17, 15) is 13.7 Å². The van der Waals surface area contributed by atoms with Gasteiger partial charge in [0.15, 0.2) is 0 Å². The molecule has 1 unspecified atom stereocenters. The van der Waals surface area contributed by atoms with Gasteiger partial charge >= 0.3 is 0 Å². The van der Waals surface area contributed by atoms with Crippen molar-refractivity contribution in [3.8, 4) is 6.07 Å². The van der Waals surface area contributed by atoms with Crippen molar-refractivity contribution in [2.75, 3.05) is 24.7 Å². The highest BCUT2D eigenvalue weighted by molar-refractivity contribution is 7.98. The molecule has 0 fully saturated rings. The van der Waals surface area contributed by atoms with E-state index in [2.05, 4.69) is 17.9 Å². The van der Waals surface area contributed by atoms with Gasteiger partial charge in [-0.3, -0.25) is 0 Å². The van der Waals surface area contributed by atoms with Crippen LogP contribution in [0, 0.1) is 11.3 Å². The smallest absolute Gasteiger partial charge is 0.245 e. The molecular formula is C22H27N3O2S2. The summed E-state index contributed by atoms with van der Waals surface area (Å²) in [4.78, 5) is 3.34. The van der Waals surface area contributed by atoms with Crippen molar-refractivity contribution in [1.82, 2.24) is 4.31 Å². The highest BCUT2D eigenvalue weighted by atomic mass is 32.2. The van der Waals surface area contributed by atoms with Crippen molar-refractivity contribution in [3.05, 3.63) is 48.0 Å². The Labute approximate surface area is 178 Å². The molecule has 3 rings (SSSR count). The van der Waals surface area contributed by atoms with Crippen LogP contribution in [0.25, 0.3) is 0 Å². The number of hydrogen-bond acceptors (Lipinski definition) is 5. The van der Waals surface area contributed by atoms with E-state index in [-0.39, 0.29) is 17.4 Å². The Morgan fingerprint density at radius 2 is 1.97 bits per heavy atom. The number of benzene rings is 2. The lowest BCUT2D eigenvalue weighted by Crippen LogP contribution is -2.40. The lowest BCUT2D eigenvalue weighted by atomic mass is 10.1. The minimum atomic E-state index is -3.67. The molecule has 1 heterocycles. The molecule has 2 aromatic carbocycles. The quantitative estimate of drug-likeness (QED) is 0.617. The highest BCUT2D eigenvalue weighted by Gasteiger charge is 2.37. The number of thioether (sulfide) groups is 1. The fourth-order valence-corrected chi connectivity index (χ4v) is 5.99. The van der Waals surface area contributed by atoms with Gasteiger partial charge in [0.2, 0.25) is 10.0 Å². The van der Waals surface area contributed by atoms with Crippen LogP contribution in [0.1, 0.15) is 31.7 Å². The van der Waals surface area contributed by atoms with E-state index >= 15 is 0 Å². The van der Waals surface area contributed by atoms with Gasteiger partial charge in [-0.05, 0) is 42.5 Å². The summed E-state index contributed by atoms with van der Waals surface area (Å²) >= 11 is 1.54. The van der Waals surface area contributed by atoms with E-state index < -0.39 is 10.0 Å². The van der Waals surface area contributed by atoms with Crippen molar-refractivity contribution < 1.29 is 8.42 Å². The summed E-state index contributed by atoms with van der Waals surface area (Å²) in [5.74, 6) is 0. The molecule has 1 atom stereocenters. The zero-order valence-corrected chi connectivity index (χ0v) is 18.8. The van der Waals surface area contributed by atoms with E-state index in [1.165, 1.54) is 4.31 Å². The van der Waals surface area contributed by atoms with Gasteiger partial charge in [0.05, 0.1) is 18.2 Å². The molecule has 0 bridgehead atoms. The Morgan fingerprint density at radius 1 is 1.24 bits per heavy atom. The van der Waals surface area contributed by atoms with Crippen LogP contribution in [-0.4, -0.2) is 38.6 Å². The Bertz CT molecular complexity index is 1000. The van der Waals surface area contributed by atoms with Gasteiger partial charge in [0.1, 0.15) is 4.90 Å². The van der Waals surface area contributed by atoms with Crippen LogP contribution in [0.3, 0.4) is 0 Å². The minimum Gasteiger partial charge on any atom is -0.339 e. The zero-order valence-electron chi connectivity index (χ0n) is 17.1. The second kappa shape index (κ2) is 9.21. The average molecular weight is 430 g/mol. The lowest BCUT2D eigenvalue weighted by Gasteiger charge is -2.29. The number of rotatable bonds is 6. The summed E-state index contributed by atoms with van der Waals surface area (Å²) in [5.41, 5.74) is 2.42. The van der Waals surface area contributed by atoms with Gasteiger partial charge in [-0.15, -0.1) is 11.8 Å². The van der Waals surface area contributed by atoms with Crippen molar-refractivity contribution >= 4 is 33.2 Å². The summed E-state index contributed by atoms with van der Waals surface area (Å²) in [6.45, 7) is 2.71. The Hall–Kier alpha value is -2.01. The van der Waals surface area contributed by atoms with Gasteiger partial charge in [0.25, 0.3) is 0 Å². The molecule has 154 valence electrons. The number of nitriles is 1. The Balaban J connectivity index is 2.25. The van der Waals surface area contributed by atoms with Crippen LogP contribution < -0.4 is 4.90 Å². The fourth-order valence-electron chi connectivity index (χ4n) is 3.76. The van der Waals surface area contributed by atoms with Gasteiger partial charge in [0, 0.05) is 30.2 Å². The van der Waals surface area contributed by atoms with Crippen molar-refractivity contribution in [2.24, 2.45) is 0 Å². The second-order valence-corrected chi connectivity index (χ2v) is 10.0. The zero-order chi connectivity index (χ0) is 21.0. The van der Waals surface area contributed by atoms with Gasteiger partial charge in [-0.1, -0.05) is 38.0 Å². The SMILES string of the molecule is CCCCC1CN(c2ccccc2)c2cc(SC)c(CC#N)cc2S(=O)(=O)N1C. The van der Waals surface area contributed by atoms with Crippen LogP contribution in [0.15, 0.2) is 52.3 Å². The predicted molar refractivity (Wildman–Crippen MR) is 119 cm³/mol. The maximum absolute atomic E-state index is 13.5. The molecule has 0 aromatic heterocycles. The molecule has 5 nitrogen and oxygen atoms in total. The van der Waals surface area contributed by atoms with Crippen LogP contribution in [-0.2, 0) is 16.4 Å². The molecule has 29 heavy (non-hydrogen) atoms.